The van der Waals surface area contributed by atoms with Crippen LogP contribution in [0.4, 0.5) is 0 Å². The van der Waals surface area contributed by atoms with E-state index in [2.05, 4.69) is 22.4 Å². The van der Waals surface area contributed by atoms with Crippen LogP contribution in [0.5, 0.6) is 0 Å². The van der Waals surface area contributed by atoms with E-state index in [1.165, 1.54) is 7.11 Å². The largest absolute Gasteiger partial charge is 0.361 e. The minimum absolute atomic E-state index is 0.248. The van der Waals surface area contributed by atoms with Crippen molar-refractivity contribution in [2.45, 2.75) is 32.7 Å². The summed E-state index contributed by atoms with van der Waals surface area (Å²) in [6.07, 6.45) is 1.48. The van der Waals surface area contributed by atoms with Crippen molar-refractivity contribution >= 4 is 13.4 Å². The van der Waals surface area contributed by atoms with E-state index >= 15 is 0 Å². The number of allylic oxidation sites excluding steroid dienone is 1. The van der Waals surface area contributed by atoms with E-state index in [9.17, 15) is 4.79 Å². The van der Waals surface area contributed by atoms with Crippen LogP contribution in [-0.2, 0) is 14.4 Å². The topological polar surface area (TPSA) is 59.6 Å². The van der Waals surface area contributed by atoms with Gasteiger partial charge in [0.1, 0.15) is 6.04 Å². The van der Waals surface area contributed by atoms with Crippen LogP contribution in [-0.4, -0.2) is 26.5 Å². The Balaban J connectivity index is 3.79. The molecule has 0 spiro atoms. The predicted octanol–water partition coefficient (Wildman–Crippen LogP) is 0.239. The van der Waals surface area contributed by atoms with Crippen LogP contribution in [0.25, 0.3) is 0 Å². The molecule has 0 saturated heterocycles. The Hall–Kier alpha value is -0.845. The highest BCUT2D eigenvalue weighted by molar-refractivity contribution is 6.37. The molecule has 0 bridgehead atoms. The molecular formula is C9H19BN2O3. The van der Waals surface area contributed by atoms with Crippen molar-refractivity contribution in [1.29, 1.82) is 0 Å². The molecule has 0 aliphatic carbocycles. The first kappa shape index (κ1) is 14.2. The summed E-state index contributed by atoms with van der Waals surface area (Å²) >= 11 is 0. The summed E-state index contributed by atoms with van der Waals surface area (Å²) in [5.41, 5.74) is 5.89. The van der Waals surface area contributed by atoms with E-state index in [0.717, 1.165) is 11.9 Å². The lowest BCUT2D eigenvalue weighted by atomic mass is 9.87. The first-order valence-corrected chi connectivity index (χ1v) is 5.02. The fraction of sp³-hybridized carbons (Fsp3) is 0.667. The Kier molecular flexibility index (Phi) is 7.99. The normalized spacial score (nSPS) is 11.9. The van der Waals surface area contributed by atoms with Crippen LogP contribution in [0, 0.1) is 0 Å². The molecule has 0 unspecified atom stereocenters. The van der Waals surface area contributed by atoms with Gasteiger partial charge in [0.15, 0.2) is 0 Å². The molecule has 0 heterocycles. The van der Waals surface area contributed by atoms with Crippen LogP contribution >= 0.6 is 0 Å². The molecule has 1 amide bonds. The molecular weight excluding hydrogens is 195 g/mol. The molecule has 6 heteroatoms. The molecule has 15 heavy (non-hydrogen) atoms. The van der Waals surface area contributed by atoms with Gasteiger partial charge in [-0.25, -0.2) is 11.0 Å². The van der Waals surface area contributed by atoms with E-state index in [1.54, 1.807) is 0 Å². The van der Waals surface area contributed by atoms with Crippen molar-refractivity contribution in [3.63, 3.8) is 0 Å². The van der Waals surface area contributed by atoms with Gasteiger partial charge in [-0.2, -0.15) is 0 Å². The van der Waals surface area contributed by atoms with E-state index < -0.39 is 6.04 Å². The molecule has 0 aliphatic heterocycles. The lowest BCUT2D eigenvalue weighted by Gasteiger charge is -2.15. The van der Waals surface area contributed by atoms with E-state index in [-0.39, 0.29) is 5.91 Å². The van der Waals surface area contributed by atoms with Gasteiger partial charge in [0.2, 0.25) is 0 Å². The van der Waals surface area contributed by atoms with Crippen molar-refractivity contribution in [2.24, 2.45) is 0 Å². The number of nitrogens with one attached hydrogen (secondary N) is 2. The van der Waals surface area contributed by atoms with Gasteiger partial charge in [-0.1, -0.05) is 19.3 Å². The quantitative estimate of drug-likeness (QED) is 0.448. The maximum Gasteiger partial charge on any atom is 0.332 e. The minimum atomic E-state index is -0.408. The van der Waals surface area contributed by atoms with Gasteiger partial charge >= 0.3 is 7.48 Å². The van der Waals surface area contributed by atoms with Gasteiger partial charge < -0.3 is 4.76 Å². The third kappa shape index (κ3) is 6.27. The van der Waals surface area contributed by atoms with Gasteiger partial charge in [-0.3, -0.25) is 9.63 Å². The fourth-order valence-corrected chi connectivity index (χ4v) is 0.840. The van der Waals surface area contributed by atoms with Crippen LogP contribution in [0.2, 0.25) is 0 Å². The molecule has 0 rings (SSSR count). The lowest BCUT2D eigenvalue weighted by Crippen LogP contribution is -2.44. The number of carbonyl (C=O) groups is 1. The van der Waals surface area contributed by atoms with Crippen molar-refractivity contribution in [3.05, 3.63) is 12.1 Å². The van der Waals surface area contributed by atoms with Crippen molar-refractivity contribution in [1.82, 2.24) is 11.0 Å². The number of hydrogen-bond acceptors (Lipinski definition) is 4. The molecule has 0 aromatic heterocycles. The zero-order valence-corrected chi connectivity index (χ0v) is 9.63. The minimum Gasteiger partial charge on any atom is -0.361 e. The molecule has 1 atom stereocenters. The molecule has 0 radical (unpaired) electrons. The zero-order valence-electron chi connectivity index (χ0n) is 9.63. The monoisotopic (exact) mass is 214 g/mol. The predicted molar refractivity (Wildman–Crippen MR) is 60.0 cm³/mol. The maximum absolute atomic E-state index is 11.3. The number of carbonyl (C=O) groups excluding carboxylic acids is 1. The van der Waals surface area contributed by atoms with E-state index in [1.807, 2.05) is 13.8 Å². The highest BCUT2D eigenvalue weighted by Crippen LogP contribution is 1.95. The average Bonchev–Trinajstić information content (AvgIpc) is 2.24. The summed E-state index contributed by atoms with van der Waals surface area (Å²) in [4.78, 5) is 15.8. The molecule has 0 aromatic rings. The summed E-state index contributed by atoms with van der Waals surface area (Å²) < 4.78 is 5.14. The van der Waals surface area contributed by atoms with E-state index in [0.29, 0.717) is 13.9 Å². The smallest absolute Gasteiger partial charge is 0.332 e. The molecule has 86 valence electrons. The molecule has 2 N–H and O–H groups in total. The highest BCUT2D eigenvalue weighted by atomic mass is 16.6. The second-order valence-electron chi connectivity index (χ2n) is 3.14. The highest BCUT2D eigenvalue weighted by Gasteiger charge is 2.15. The standard InChI is InChI=1S/C9H19BN2O3/c1-5-7(3)10-15-11-8(6-2)9(13)12-14-4/h8,10-11H,3,5-6H2,1-2,4H3,(H,12,13)/t8-/m0/s1. The van der Waals surface area contributed by atoms with Gasteiger partial charge in [-0.05, 0) is 12.8 Å². The SMILES string of the molecule is C=C(BON[C@@H](CC)C(=O)NOC)CC. The summed E-state index contributed by atoms with van der Waals surface area (Å²) in [7, 11) is 1.80. The van der Waals surface area contributed by atoms with Crippen molar-refractivity contribution in [3.8, 4) is 0 Å². The third-order valence-electron chi connectivity index (χ3n) is 1.93. The van der Waals surface area contributed by atoms with Crippen LogP contribution < -0.4 is 11.0 Å². The number of hydroxylamine groups is 2. The molecule has 0 saturated carbocycles. The number of amides is 1. The zero-order chi connectivity index (χ0) is 11.7. The summed E-state index contributed by atoms with van der Waals surface area (Å²) in [5.74, 6) is -0.248. The summed E-state index contributed by atoms with van der Waals surface area (Å²) in [5, 5.41) is 0. The third-order valence-corrected chi connectivity index (χ3v) is 1.93. The molecule has 0 aliphatic rings. The van der Waals surface area contributed by atoms with Crippen LogP contribution in [0.1, 0.15) is 26.7 Å². The average molecular weight is 214 g/mol. The van der Waals surface area contributed by atoms with Gasteiger partial charge in [-0.15, -0.1) is 6.58 Å². The molecule has 0 fully saturated rings. The fourth-order valence-electron chi connectivity index (χ4n) is 0.840. The maximum atomic E-state index is 11.3. The first-order valence-electron chi connectivity index (χ1n) is 5.02. The Labute approximate surface area is 91.4 Å². The van der Waals surface area contributed by atoms with E-state index in [4.69, 9.17) is 4.76 Å². The Morgan fingerprint density at radius 2 is 2.20 bits per heavy atom. The number of hydrogen-bond donors (Lipinski definition) is 2. The summed E-state index contributed by atoms with van der Waals surface area (Å²) in [6, 6.07) is -0.408. The Morgan fingerprint density at radius 1 is 1.53 bits per heavy atom. The second-order valence-corrected chi connectivity index (χ2v) is 3.14. The lowest BCUT2D eigenvalue weighted by molar-refractivity contribution is -0.135. The van der Waals surface area contributed by atoms with Crippen molar-refractivity contribution < 1.29 is 14.4 Å². The second kappa shape index (κ2) is 8.46. The first-order chi connectivity index (χ1) is 7.15. The number of rotatable bonds is 8. The van der Waals surface area contributed by atoms with Gasteiger partial charge in [0.25, 0.3) is 5.91 Å². The summed E-state index contributed by atoms with van der Waals surface area (Å²) in [6.45, 7) is 7.67. The molecule has 0 aromatic carbocycles. The Bertz CT molecular complexity index is 212. The van der Waals surface area contributed by atoms with Crippen LogP contribution in [0.15, 0.2) is 12.1 Å². The van der Waals surface area contributed by atoms with Crippen molar-refractivity contribution in [2.75, 3.05) is 7.11 Å². The van der Waals surface area contributed by atoms with Gasteiger partial charge in [0, 0.05) is 0 Å². The Morgan fingerprint density at radius 3 is 2.67 bits per heavy atom. The van der Waals surface area contributed by atoms with Crippen LogP contribution in [0.3, 0.4) is 0 Å². The van der Waals surface area contributed by atoms with Gasteiger partial charge in [0.05, 0.1) is 7.11 Å². The molecule has 5 nitrogen and oxygen atoms in total.